The van der Waals surface area contributed by atoms with E-state index in [-0.39, 0.29) is 19.1 Å². The second-order valence-electron chi connectivity index (χ2n) is 7.75. The Labute approximate surface area is 180 Å². The molecule has 1 aliphatic rings. The van der Waals surface area contributed by atoms with E-state index in [9.17, 15) is 19.5 Å². The summed E-state index contributed by atoms with van der Waals surface area (Å²) in [5.74, 6) is -1.99. The number of hydrogen-bond donors (Lipinski definition) is 3. The van der Waals surface area contributed by atoms with Crippen LogP contribution in [0.1, 0.15) is 30.9 Å². The van der Waals surface area contributed by atoms with Gasteiger partial charge in [0.2, 0.25) is 5.91 Å². The zero-order chi connectivity index (χ0) is 22.6. The normalized spacial score (nSPS) is 15.2. The van der Waals surface area contributed by atoms with E-state index in [1.54, 1.807) is 0 Å². The number of amides is 2. The summed E-state index contributed by atoms with van der Waals surface area (Å²) in [4.78, 5) is 36.1. The molecule has 8 nitrogen and oxygen atoms in total. The van der Waals surface area contributed by atoms with Crippen molar-refractivity contribution in [1.82, 2.24) is 10.6 Å². The fourth-order valence-electron chi connectivity index (χ4n) is 3.70. The molecule has 8 heteroatoms. The second kappa shape index (κ2) is 9.18. The quantitative estimate of drug-likeness (QED) is 0.598. The molecular weight excluding hydrogens is 400 g/mol. The molecule has 3 rings (SSSR count). The van der Waals surface area contributed by atoms with Crippen molar-refractivity contribution in [1.29, 1.82) is 0 Å². The Bertz CT molecular complexity index is 946. The van der Waals surface area contributed by atoms with Gasteiger partial charge in [0.15, 0.2) is 5.54 Å². The number of nitrogens with one attached hydrogen (secondary N) is 2. The van der Waals surface area contributed by atoms with Crippen molar-refractivity contribution in [2.75, 3.05) is 20.3 Å². The standard InChI is InChI=1S/C23H26N2O6/c1-14(20(26)25-23(2,13-30-3)21(27)28)24-22(29)31-12-19-17-10-6-4-8-15(17)16-9-5-7-11-18(16)19/h4-11,14,19H,12-13H2,1-3H3,(H,24,29)(H,25,26)(H,27,28)/t14-,23?/m0/s1. The number of methoxy groups -OCH3 is 1. The van der Waals surface area contributed by atoms with Crippen LogP contribution in [0.2, 0.25) is 0 Å². The van der Waals surface area contributed by atoms with Crippen molar-refractivity contribution in [2.45, 2.75) is 31.3 Å². The average Bonchev–Trinajstić information content (AvgIpc) is 3.06. The van der Waals surface area contributed by atoms with Gasteiger partial charge < -0.3 is 25.2 Å². The fourth-order valence-corrected chi connectivity index (χ4v) is 3.70. The van der Waals surface area contributed by atoms with Gasteiger partial charge in [-0.3, -0.25) is 4.79 Å². The highest BCUT2D eigenvalue weighted by atomic mass is 16.5. The number of carboxylic acids is 1. The van der Waals surface area contributed by atoms with Crippen molar-refractivity contribution in [3.05, 3.63) is 59.7 Å². The molecule has 0 saturated carbocycles. The van der Waals surface area contributed by atoms with E-state index in [0.717, 1.165) is 22.3 Å². The Morgan fingerprint density at radius 3 is 2.13 bits per heavy atom. The van der Waals surface area contributed by atoms with E-state index < -0.39 is 29.6 Å². The van der Waals surface area contributed by atoms with Crippen molar-refractivity contribution in [3.63, 3.8) is 0 Å². The Kier molecular flexibility index (Phi) is 6.60. The van der Waals surface area contributed by atoms with Crippen LogP contribution in [0.3, 0.4) is 0 Å². The molecule has 0 spiro atoms. The van der Waals surface area contributed by atoms with Gasteiger partial charge in [0.25, 0.3) is 0 Å². The third-order valence-electron chi connectivity index (χ3n) is 5.38. The smallest absolute Gasteiger partial charge is 0.407 e. The number of carbonyl (C=O) groups excluding carboxylic acids is 2. The van der Waals surface area contributed by atoms with Gasteiger partial charge in [-0.1, -0.05) is 48.5 Å². The zero-order valence-corrected chi connectivity index (χ0v) is 17.7. The lowest BCUT2D eigenvalue weighted by Gasteiger charge is -2.27. The van der Waals surface area contributed by atoms with Crippen molar-refractivity contribution in [3.8, 4) is 11.1 Å². The summed E-state index contributed by atoms with van der Waals surface area (Å²) in [5.41, 5.74) is 2.79. The van der Waals surface area contributed by atoms with Crippen LogP contribution in [0.5, 0.6) is 0 Å². The SMILES string of the molecule is COCC(C)(NC(=O)[C@H](C)NC(=O)OCC1c2ccccc2-c2ccccc21)C(=O)O. The summed E-state index contributed by atoms with van der Waals surface area (Å²) in [5, 5.41) is 14.2. The number of ether oxygens (including phenoxy) is 2. The molecule has 31 heavy (non-hydrogen) atoms. The van der Waals surface area contributed by atoms with Gasteiger partial charge in [-0.2, -0.15) is 0 Å². The average molecular weight is 426 g/mol. The van der Waals surface area contributed by atoms with Gasteiger partial charge >= 0.3 is 12.1 Å². The third kappa shape index (κ3) is 4.69. The topological polar surface area (TPSA) is 114 Å². The van der Waals surface area contributed by atoms with Crippen LogP contribution in [-0.4, -0.2) is 55.0 Å². The van der Waals surface area contributed by atoms with Gasteiger partial charge in [0.1, 0.15) is 12.6 Å². The molecule has 0 aliphatic heterocycles. The number of carboxylic acid groups (broad SMARTS) is 1. The maximum atomic E-state index is 12.4. The van der Waals surface area contributed by atoms with Crippen molar-refractivity contribution in [2.24, 2.45) is 0 Å². The summed E-state index contributed by atoms with van der Waals surface area (Å²) >= 11 is 0. The molecule has 0 fully saturated rings. The molecule has 2 atom stereocenters. The van der Waals surface area contributed by atoms with E-state index in [1.807, 2.05) is 48.5 Å². The van der Waals surface area contributed by atoms with Crippen LogP contribution in [0.25, 0.3) is 11.1 Å². The summed E-state index contributed by atoms with van der Waals surface area (Å²) in [6, 6.07) is 15.0. The first-order valence-corrected chi connectivity index (χ1v) is 9.92. The number of aliphatic carboxylic acids is 1. The highest BCUT2D eigenvalue weighted by Gasteiger charge is 2.36. The Morgan fingerprint density at radius 1 is 1.06 bits per heavy atom. The summed E-state index contributed by atoms with van der Waals surface area (Å²) in [7, 11) is 1.34. The minimum absolute atomic E-state index is 0.0979. The van der Waals surface area contributed by atoms with Crippen LogP contribution in [0.4, 0.5) is 4.79 Å². The molecule has 164 valence electrons. The van der Waals surface area contributed by atoms with Crippen LogP contribution >= 0.6 is 0 Å². The molecule has 2 aromatic carbocycles. The maximum Gasteiger partial charge on any atom is 0.407 e. The van der Waals surface area contributed by atoms with Crippen molar-refractivity contribution >= 4 is 18.0 Å². The molecule has 0 bridgehead atoms. The summed E-state index contributed by atoms with van der Waals surface area (Å²) in [6.45, 7) is 2.68. The van der Waals surface area contributed by atoms with E-state index in [0.29, 0.717) is 0 Å². The fraction of sp³-hybridized carbons (Fsp3) is 0.348. The highest BCUT2D eigenvalue weighted by Crippen LogP contribution is 2.44. The van der Waals surface area contributed by atoms with E-state index in [2.05, 4.69) is 10.6 Å². The highest BCUT2D eigenvalue weighted by molar-refractivity contribution is 5.91. The van der Waals surface area contributed by atoms with Gasteiger partial charge in [-0.05, 0) is 36.1 Å². The predicted octanol–water partition coefficient (Wildman–Crippen LogP) is 2.52. The second-order valence-corrected chi connectivity index (χ2v) is 7.75. The first-order chi connectivity index (χ1) is 14.8. The monoisotopic (exact) mass is 426 g/mol. The van der Waals surface area contributed by atoms with Gasteiger partial charge in [-0.15, -0.1) is 0 Å². The Balaban J connectivity index is 1.60. The number of hydrogen-bond acceptors (Lipinski definition) is 5. The van der Waals surface area contributed by atoms with Gasteiger partial charge in [-0.25, -0.2) is 9.59 Å². The zero-order valence-electron chi connectivity index (χ0n) is 17.7. The summed E-state index contributed by atoms with van der Waals surface area (Å²) in [6.07, 6.45) is -0.756. The van der Waals surface area contributed by atoms with Crippen LogP contribution in [0, 0.1) is 0 Å². The predicted molar refractivity (Wildman–Crippen MR) is 114 cm³/mol. The van der Waals surface area contributed by atoms with Gasteiger partial charge in [0.05, 0.1) is 6.61 Å². The largest absolute Gasteiger partial charge is 0.479 e. The number of rotatable bonds is 8. The minimum Gasteiger partial charge on any atom is -0.479 e. The van der Waals surface area contributed by atoms with Crippen LogP contribution in [-0.2, 0) is 19.1 Å². The molecule has 2 aromatic rings. The molecule has 1 unspecified atom stereocenters. The summed E-state index contributed by atoms with van der Waals surface area (Å²) < 4.78 is 10.3. The third-order valence-corrected chi connectivity index (χ3v) is 5.38. The van der Waals surface area contributed by atoms with E-state index in [4.69, 9.17) is 9.47 Å². The molecule has 2 amide bonds. The molecule has 0 radical (unpaired) electrons. The lowest BCUT2D eigenvalue weighted by Crippen LogP contribution is -2.59. The number of alkyl carbamates (subject to hydrolysis) is 1. The number of carbonyl (C=O) groups is 3. The molecule has 0 heterocycles. The van der Waals surface area contributed by atoms with Crippen LogP contribution in [0.15, 0.2) is 48.5 Å². The molecular formula is C23H26N2O6. The molecule has 3 N–H and O–H groups in total. The van der Waals surface area contributed by atoms with Gasteiger partial charge in [0, 0.05) is 13.0 Å². The Hall–Kier alpha value is -3.39. The number of benzene rings is 2. The van der Waals surface area contributed by atoms with E-state index >= 15 is 0 Å². The maximum absolute atomic E-state index is 12.4. The lowest BCUT2D eigenvalue weighted by molar-refractivity contribution is -0.149. The Morgan fingerprint density at radius 2 is 1.61 bits per heavy atom. The van der Waals surface area contributed by atoms with Crippen molar-refractivity contribution < 1.29 is 29.0 Å². The first kappa shape index (κ1) is 22.3. The minimum atomic E-state index is -1.61. The first-order valence-electron chi connectivity index (χ1n) is 9.92. The number of fused-ring (bicyclic) bond motifs is 3. The van der Waals surface area contributed by atoms with Crippen LogP contribution < -0.4 is 10.6 Å². The molecule has 0 saturated heterocycles. The molecule has 0 aromatic heterocycles. The molecule has 1 aliphatic carbocycles. The van der Waals surface area contributed by atoms with E-state index in [1.165, 1.54) is 21.0 Å². The lowest BCUT2D eigenvalue weighted by atomic mass is 9.98.